The zero-order valence-electron chi connectivity index (χ0n) is 24.4. The Morgan fingerprint density at radius 2 is 1.80 bits per heavy atom. The number of amides is 4. The summed E-state index contributed by atoms with van der Waals surface area (Å²) in [5.41, 5.74) is 1.69. The van der Waals surface area contributed by atoms with Gasteiger partial charge in [-0.2, -0.15) is 18.3 Å². The molecule has 3 aromatic rings. The van der Waals surface area contributed by atoms with Crippen molar-refractivity contribution in [1.82, 2.24) is 24.5 Å². The summed E-state index contributed by atoms with van der Waals surface area (Å²) in [6.45, 7) is -1.32. The van der Waals surface area contributed by atoms with Crippen LogP contribution in [0.1, 0.15) is 35.1 Å². The van der Waals surface area contributed by atoms with Gasteiger partial charge in [-0.3, -0.25) is 19.1 Å². The first-order chi connectivity index (χ1) is 21.3. The molecule has 0 bridgehead atoms. The number of fused-ring (bicyclic) bond motifs is 3. The van der Waals surface area contributed by atoms with Gasteiger partial charge in [0.05, 0.1) is 6.20 Å². The van der Waals surface area contributed by atoms with Crippen LogP contribution in [0.25, 0.3) is 11.1 Å². The van der Waals surface area contributed by atoms with E-state index in [9.17, 15) is 36.7 Å². The molecule has 10 nitrogen and oxygen atoms in total. The summed E-state index contributed by atoms with van der Waals surface area (Å²) < 4.78 is 63.2. The summed E-state index contributed by atoms with van der Waals surface area (Å²) in [4.78, 5) is 54.8. The number of likely N-dealkylation sites (N-methyl/N-ethyl adjacent to an activating group) is 1. The number of benzene rings is 2. The Bertz CT molecular complexity index is 1720. The van der Waals surface area contributed by atoms with E-state index in [1.807, 2.05) is 6.07 Å². The number of hydrogen-bond acceptors (Lipinski definition) is 6. The van der Waals surface area contributed by atoms with Crippen molar-refractivity contribution in [3.63, 3.8) is 0 Å². The smallest absolute Gasteiger partial charge is 0.418 e. The second kappa shape index (κ2) is 11.0. The van der Waals surface area contributed by atoms with Gasteiger partial charge in [0.25, 0.3) is 5.91 Å². The number of aromatic nitrogens is 2. The van der Waals surface area contributed by atoms with Crippen molar-refractivity contribution < 1.29 is 41.5 Å². The molecule has 3 heterocycles. The lowest BCUT2D eigenvalue weighted by atomic mass is 9.93. The third-order valence-corrected chi connectivity index (χ3v) is 8.69. The molecule has 4 amide bonds. The van der Waals surface area contributed by atoms with Crippen LogP contribution in [-0.4, -0.2) is 81.2 Å². The highest BCUT2D eigenvalue weighted by atomic mass is 19.4. The average Bonchev–Trinajstić information content (AvgIpc) is 3.61. The highest BCUT2D eigenvalue weighted by Gasteiger charge is 2.59. The SMILES string of the molecule is CN(C)C(=O)Cn1cc(-c2ccc3c(c2)CCC32OC(=O)N(CC(=O)N3Cc4ccc(F)cc4CC[C@H]3C(F)(F)F)C2=O)cn1. The van der Waals surface area contributed by atoms with Crippen LogP contribution < -0.4 is 0 Å². The van der Waals surface area contributed by atoms with E-state index in [2.05, 4.69) is 5.10 Å². The fraction of sp³-hybridized carbons (Fsp3) is 0.387. The van der Waals surface area contributed by atoms with Crippen molar-refractivity contribution in [3.05, 3.63) is 76.9 Å². The van der Waals surface area contributed by atoms with Crippen molar-refractivity contribution in [1.29, 1.82) is 0 Å². The van der Waals surface area contributed by atoms with Crippen molar-refractivity contribution >= 4 is 23.8 Å². The van der Waals surface area contributed by atoms with E-state index in [1.54, 1.807) is 38.6 Å². The Hall–Kier alpha value is -4.75. The molecule has 2 aliphatic heterocycles. The van der Waals surface area contributed by atoms with E-state index < -0.39 is 61.1 Å². The zero-order chi connectivity index (χ0) is 32.3. The van der Waals surface area contributed by atoms with Crippen molar-refractivity contribution in [2.75, 3.05) is 20.6 Å². The molecule has 45 heavy (non-hydrogen) atoms. The monoisotopic (exact) mass is 627 g/mol. The number of alkyl halides is 3. The van der Waals surface area contributed by atoms with E-state index in [0.29, 0.717) is 32.9 Å². The molecule has 1 spiro atoms. The van der Waals surface area contributed by atoms with Crippen LogP contribution >= 0.6 is 0 Å². The maximum absolute atomic E-state index is 14.1. The lowest BCUT2D eigenvalue weighted by Gasteiger charge is -2.32. The van der Waals surface area contributed by atoms with Crippen LogP contribution in [0.4, 0.5) is 22.4 Å². The lowest BCUT2D eigenvalue weighted by Crippen LogP contribution is -2.52. The number of carbonyl (C=O) groups excluding carboxylic acids is 4. The number of halogens is 4. The summed E-state index contributed by atoms with van der Waals surface area (Å²) in [6.07, 6.45) is -2.69. The number of nitrogens with zero attached hydrogens (tertiary/aromatic N) is 5. The van der Waals surface area contributed by atoms with Gasteiger partial charge in [0.2, 0.25) is 17.4 Å². The van der Waals surface area contributed by atoms with Crippen LogP contribution in [-0.2, 0) is 50.7 Å². The molecule has 0 radical (unpaired) electrons. The topological polar surface area (TPSA) is 105 Å². The number of imide groups is 1. The van der Waals surface area contributed by atoms with Gasteiger partial charge in [-0.05, 0) is 53.6 Å². The van der Waals surface area contributed by atoms with Crippen LogP contribution in [0.15, 0.2) is 48.8 Å². The molecule has 1 aromatic heterocycles. The van der Waals surface area contributed by atoms with Gasteiger partial charge in [0.15, 0.2) is 0 Å². The van der Waals surface area contributed by atoms with Gasteiger partial charge in [-0.1, -0.05) is 24.3 Å². The zero-order valence-corrected chi connectivity index (χ0v) is 24.4. The average molecular weight is 628 g/mol. The Labute approximate surface area is 255 Å². The quantitative estimate of drug-likeness (QED) is 0.399. The van der Waals surface area contributed by atoms with Gasteiger partial charge in [0, 0.05) is 44.4 Å². The van der Waals surface area contributed by atoms with Crippen LogP contribution in [0.2, 0.25) is 0 Å². The minimum absolute atomic E-state index is 0.0618. The number of rotatable bonds is 5. The van der Waals surface area contributed by atoms with E-state index in [1.165, 1.54) is 15.6 Å². The number of carbonyl (C=O) groups is 4. The second-order valence-corrected chi connectivity index (χ2v) is 11.7. The molecule has 2 aromatic carbocycles. The van der Waals surface area contributed by atoms with Gasteiger partial charge in [-0.25, -0.2) is 14.1 Å². The standard InChI is InChI=1S/C31H29F4N5O5/c1-37(2)26(41)16-38-14-22(13-36-38)18-4-7-24-20(11-18)9-10-30(24)28(43)40(29(44)45-30)17-27(42)39-15-21-3-6-23(32)12-19(21)5-8-25(39)31(33,34)35/h3-4,6-7,11-14,25H,5,8-10,15-17H2,1-2H3/t25-,30?/m0/s1. The van der Waals surface area contributed by atoms with Crippen LogP contribution in [0.3, 0.4) is 0 Å². The molecule has 1 unspecified atom stereocenters. The highest BCUT2D eigenvalue weighted by molar-refractivity contribution is 6.06. The third kappa shape index (κ3) is 5.42. The molecule has 14 heteroatoms. The van der Waals surface area contributed by atoms with Crippen LogP contribution in [0, 0.1) is 5.82 Å². The Kier molecular flexibility index (Phi) is 7.40. The molecule has 1 saturated heterocycles. The summed E-state index contributed by atoms with van der Waals surface area (Å²) >= 11 is 0. The van der Waals surface area contributed by atoms with Crippen LogP contribution in [0.5, 0.6) is 0 Å². The van der Waals surface area contributed by atoms with E-state index in [4.69, 9.17) is 4.74 Å². The minimum atomic E-state index is -4.78. The molecule has 3 aliphatic rings. The fourth-order valence-electron chi connectivity index (χ4n) is 6.26. The van der Waals surface area contributed by atoms with Gasteiger partial charge >= 0.3 is 12.3 Å². The van der Waals surface area contributed by atoms with Crippen molar-refractivity contribution in [3.8, 4) is 11.1 Å². The molecular formula is C31H29F4N5O5. The maximum Gasteiger partial charge on any atom is 0.418 e. The lowest BCUT2D eigenvalue weighted by molar-refractivity contribution is -0.192. The Morgan fingerprint density at radius 3 is 2.53 bits per heavy atom. The molecule has 236 valence electrons. The number of aryl methyl sites for hydroxylation is 2. The van der Waals surface area contributed by atoms with E-state index >= 15 is 0 Å². The predicted molar refractivity (Wildman–Crippen MR) is 150 cm³/mol. The fourth-order valence-corrected chi connectivity index (χ4v) is 6.26. The predicted octanol–water partition coefficient (Wildman–Crippen LogP) is 3.80. The Morgan fingerprint density at radius 1 is 1.02 bits per heavy atom. The largest absolute Gasteiger partial charge is 0.427 e. The van der Waals surface area contributed by atoms with E-state index in [0.717, 1.165) is 28.8 Å². The molecule has 2 atom stereocenters. The summed E-state index contributed by atoms with van der Waals surface area (Å²) in [5.74, 6) is -2.61. The van der Waals surface area contributed by atoms with Gasteiger partial charge in [-0.15, -0.1) is 0 Å². The maximum atomic E-state index is 14.1. The molecule has 0 N–H and O–H groups in total. The van der Waals surface area contributed by atoms with Gasteiger partial charge in [0.1, 0.15) is 24.9 Å². The number of hydrogen-bond donors (Lipinski definition) is 0. The number of ether oxygens (including phenoxy) is 1. The Balaban J connectivity index is 1.22. The summed E-state index contributed by atoms with van der Waals surface area (Å²) in [7, 11) is 3.29. The first-order valence-electron chi connectivity index (χ1n) is 14.3. The molecule has 6 rings (SSSR count). The highest BCUT2D eigenvalue weighted by Crippen LogP contribution is 2.46. The molecular weight excluding hydrogens is 598 g/mol. The molecule has 0 saturated carbocycles. The summed E-state index contributed by atoms with van der Waals surface area (Å²) in [6, 6.07) is 6.64. The van der Waals surface area contributed by atoms with Crippen molar-refractivity contribution in [2.24, 2.45) is 0 Å². The second-order valence-electron chi connectivity index (χ2n) is 11.7. The minimum Gasteiger partial charge on any atom is -0.427 e. The first-order valence-corrected chi connectivity index (χ1v) is 14.3. The summed E-state index contributed by atoms with van der Waals surface area (Å²) in [5, 5.41) is 4.24. The van der Waals surface area contributed by atoms with Gasteiger partial charge < -0.3 is 14.5 Å². The van der Waals surface area contributed by atoms with E-state index in [-0.39, 0.29) is 25.3 Å². The van der Waals surface area contributed by atoms with Crippen molar-refractivity contribution in [2.45, 2.75) is 56.6 Å². The molecule has 1 fully saturated rings. The third-order valence-electron chi connectivity index (χ3n) is 8.69. The normalized spacial score (nSPS) is 21.1. The molecule has 1 aliphatic carbocycles. The first kappa shape index (κ1) is 30.3.